The van der Waals surface area contributed by atoms with Crippen molar-refractivity contribution in [2.75, 3.05) is 0 Å². The van der Waals surface area contributed by atoms with Crippen molar-refractivity contribution < 1.29 is 4.79 Å². The Hall–Kier alpha value is -3.64. The zero-order valence-electron chi connectivity index (χ0n) is 16.1. The van der Waals surface area contributed by atoms with Crippen LogP contribution in [0.25, 0.3) is 10.6 Å². The van der Waals surface area contributed by atoms with Gasteiger partial charge in [0.15, 0.2) is 0 Å². The highest BCUT2D eigenvalue weighted by atomic mass is 32.1. The minimum atomic E-state index is -0.144. The highest BCUT2D eigenvalue weighted by Gasteiger charge is 2.34. The fourth-order valence-electron chi connectivity index (χ4n) is 3.55. The lowest BCUT2D eigenvalue weighted by Crippen LogP contribution is -2.26. The van der Waals surface area contributed by atoms with Gasteiger partial charge in [-0.2, -0.15) is 5.10 Å². The van der Waals surface area contributed by atoms with Gasteiger partial charge in [-0.25, -0.2) is 5.01 Å². The van der Waals surface area contributed by atoms with Crippen LogP contribution in [0.5, 0.6) is 0 Å². The number of hydrogen-bond acceptors (Lipinski definition) is 5. The van der Waals surface area contributed by atoms with Crippen LogP contribution in [-0.2, 0) is 0 Å². The van der Waals surface area contributed by atoms with E-state index in [0.29, 0.717) is 11.3 Å². The Bertz CT molecular complexity index is 1190. The van der Waals surface area contributed by atoms with Gasteiger partial charge in [0.25, 0.3) is 5.91 Å². The van der Waals surface area contributed by atoms with Gasteiger partial charge in [-0.3, -0.25) is 14.8 Å². The summed E-state index contributed by atoms with van der Waals surface area (Å²) in [5.74, 6) is -0.102. The molecular weight excluding hydrogens is 392 g/mol. The van der Waals surface area contributed by atoms with E-state index in [9.17, 15) is 4.79 Å². The number of aromatic nitrogens is 2. The number of hydrazone groups is 1. The summed E-state index contributed by atoms with van der Waals surface area (Å²) in [4.78, 5) is 23.6. The van der Waals surface area contributed by atoms with E-state index in [1.807, 2.05) is 72.8 Å². The zero-order chi connectivity index (χ0) is 20.3. The number of rotatable bonds is 4. The molecule has 5 rings (SSSR count). The van der Waals surface area contributed by atoms with Gasteiger partial charge < -0.3 is 0 Å². The van der Waals surface area contributed by atoms with Crippen LogP contribution in [0.1, 0.15) is 33.3 Å². The standard InChI is InChI=1S/C24H18N4OS/c29-24(23-12-11-22(30-23)19-10-4-5-14-26-19)28-21(17-7-2-1-3-8-17)15-20(27-28)18-9-6-13-25-16-18/h1-14,16,21H,15H2. The topological polar surface area (TPSA) is 58.5 Å². The summed E-state index contributed by atoms with van der Waals surface area (Å²) in [6.07, 6.45) is 5.94. The first-order valence-electron chi connectivity index (χ1n) is 9.67. The van der Waals surface area contributed by atoms with Crippen LogP contribution in [0.3, 0.4) is 0 Å². The van der Waals surface area contributed by atoms with Crippen LogP contribution in [0.15, 0.2) is 96.5 Å². The molecular formula is C24H18N4OS. The third-order valence-electron chi connectivity index (χ3n) is 5.03. The zero-order valence-corrected chi connectivity index (χ0v) is 16.9. The molecule has 6 heteroatoms. The minimum Gasteiger partial charge on any atom is -0.266 e. The SMILES string of the molecule is O=C(c1ccc(-c2ccccn2)s1)N1N=C(c2cccnc2)CC1c1ccccc1. The van der Waals surface area contributed by atoms with E-state index in [2.05, 4.69) is 9.97 Å². The maximum absolute atomic E-state index is 13.4. The number of thiophene rings is 1. The largest absolute Gasteiger partial charge is 0.284 e. The van der Waals surface area contributed by atoms with Gasteiger partial charge in [-0.05, 0) is 35.9 Å². The van der Waals surface area contributed by atoms with Crippen LogP contribution >= 0.6 is 11.3 Å². The molecule has 146 valence electrons. The Labute approximate surface area is 178 Å². The lowest BCUT2D eigenvalue weighted by Gasteiger charge is -2.21. The minimum absolute atomic E-state index is 0.102. The molecule has 1 atom stereocenters. The van der Waals surface area contributed by atoms with Crippen molar-refractivity contribution in [1.82, 2.24) is 15.0 Å². The van der Waals surface area contributed by atoms with E-state index in [1.54, 1.807) is 23.6 Å². The van der Waals surface area contributed by atoms with Crippen LogP contribution in [0.4, 0.5) is 0 Å². The maximum atomic E-state index is 13.4. The van der Waals surface area contributed by atoms with Gasteiger partial charge >= 0.3 is 0 Å². The maximum Gasteiger partial charge on any atom is 0.284 e. The second kappa shape index (κ2) is 8.00. The molecule has 0 aliphatic carbocycles. The van der Waals surface area contributed by atoms with E-state index in [1.165, 1.54) is 11.3 Å². The molecule has 5 nitrogen and oxygen atoms in total. The molecule has 0 bridgehead atoms. The summed E-state index contributed by atoms with van der Waals surface area (Å²) in [5.41, 5.74) is 3.73. The lowest BCUT2D eigenvalue weighted by atomic mass is 9.99. The van der Waals surface area contributed by atoms with Gasteiger partial charge in [0.1, 0.15) is 0 Å². The van der Waals surface area contributed by atoms with Crippen molar-refractivity contribution in [1.29, 1.82) is 0 Å². The van der Waals surface area contributed by atoms with Gasteiger partial charge in [-0.15, -0.1) is 11.3 Å². The third kappa shape index (κ3) is 3.53. The molecule has 1 aliphatic heterocycles. The predicted octanol–water partition coefficient (Wildman–Crippen LogP) is 5.20. The molecule has 0 saturated heterocycles. The van der Waals surface area contributed by atoms with E-state index in [4.69, 9.17) is 5.10 Å². The number of benzene rings is 1. The van der Waals surface area contributed by atoms with Crippen molar-refractivity contribution in [3.05, 3.63) is 107 Å². The average molecular weight is 411 g/mol. The van der Waals surface area contributed by atoms with Crippen LogP contribution in [-0.4, -0.2) is 26.6 Å². The summed E-state index contributed by atoms with van der Waals surface area (Å²) in [6.45, 7) is 0. The highest BCUT2D eigenvalue weighted by Crippen LogP contribution is 2.35. The number of carbonyl (C=O) groups excluding carboxylic acids is 1. The smallest absolute Gasteiger partial charge is 0.266 e. The fourth-order valence-corrected chi connectivity index (χ4v) is 4.47. The Balaban J connectivity index is 1.50. The summed E-state index contributed by atoms with van der Waals surface area (Å²) in [7, 11) is 0. The van der Waals surface area contributed by atoms with Gasteiger partial charge in [-0.1, -0.05) is 42.5 Å². The molecule has 0 spiro atoms. The Morgan fingerprint density at radius 2 is 1.80 bits per heavy atom. The van der Waals surface area contributed by atoms with Gasteiger partial charge in [0.2, 0.25) is 0 Å². The van der Waals surface area contributed by atoms with Crippen molar-refractivity contribution in [2.24, 2.45) is 5.10 Å². The molecule has 3 aromatic heterocycles. The number of carbonyl (C=O) groups is 1. The monoisotopic (exact) mass is 410 g/mol. The normalized spacial score (nSPS) is 15.8. The lowest BCUT2D eigenvalue weighted by molar-refractivity contribution is 0.0716. The van der Waals surface area contributed by atoms with Gasteiger partial charge in [0, 0.05) is 30.6 Å². The van der Waals surface area contributed by atoms with E-state index >= 15 is 0 Å². The summed E-state index contributed by atoms with van der Waals surface area (Å²) < 4.78 is 0. The van der Waals surface area contributed by atoms with E-state index in [-0.39, 0.29) is 11.9 Å². The Morgan fingerprint density at radius 3 is 2.57 bits per heavy atom. The summed E-state index contributed by atoms with van der Waals surface area (Å²) in [6, 6.07) is 23.3. The molecule has 0 fully saturated rings. The second-order valence-electron chi connectivity index (χ2n) is 6.95. The second-order valence-corrected chi connectivity index (χ2v) is 8.03. The predicted molar refractivity (Wildman–Crippen MR) is 118 cm³/mol. The molecule has 0 N–H and O–H groups in total. The molecule has 0 saturated carbocycles. The Kier molecular flexibility index (Phi) is 4.91. The molecule has 4 heterocycles. The fraction of sp³-hybridized carbons (Fsp3) is 0.0833. The van der Waals surface area contributed by atoms with Crippen LogP contribution in [0, 0.1) is 0 Å². The molecule has 1 unspecified atom stereocenters. The Morgan fingerprint density at radius 1 is 0.933 bits per heavy atom. The van der Waals surface area contributed by atoms with E-state index < -0.39 is 0 Å². The average Bonchev–Trinajstić information content (AvgIpc) is 3.49. The third-order valence-corrected chi connectivity index (χ3v) is 6.13. The van der Waals surface area contributed by atoms with Gasteiger partial charge in [0.05, 0.1) is 27.2 Å². The summed E-state index contributed by atoms with van der Waals surface area (Å²) in [5, 5.41) is 6.34. The molecule has 1 amide bonds. The van der Waals surface area contributed by atoms with Crippen molar-refractivity contribution in [3.8, 4) is 10.6 Å². The number of hydrogen-bond donors (Lipinski definition) is 0. The first-order valence-corrected chi connectivity index (χ1v) is 10.5. The van der Waals surface area contributed by atoms with Crippen molar-refractivity contribution >= 4 is 23.0 Å². The summed E-state index contributed by atoms with van der Waals surface area (Å²) >= 11 is 1.44. The molecule has 30 heavy (non-hydrogen) atoms. The quantitative estimate of drug-likeness (QED) is 0.465. The van der Waals surface area contributed by atoms with Crippen LogP contribution in [0.2, 0.25) is 0 Å². The highest BCUT2D eigenvalue weighted by molar-refractivity contribution is 7.17. The van der Waals surface area contributed by atoms with Crippen molar-refractivity contribution in [3.63, 3.8) is 0 Å². The number of pyridine rings is 2. The first kappa shape index (κ1) is 18.4. The molecule has 1 aliphatic rings. The molecule has 4 aromatic rings. The van der Waals surface area contributed by atoms with Crippen molar-refractivity contribution in [2.45, 2.75) is 12.5 Å². The molecule has 1 aromatic carbocycles. The number of nitrogens with zero attached hydrogens (tertiary/aromatic N) is 4. The number of amides is 1. The molecule has 0 radical (unpaired) electrons. The van der Waals surface area contributed by atoms with E-state index in [0.717, 1.165) is 27.4 Å². The van der Waals surface area contributed by atoms with Crippen LogP contribution < -0.4 is 0 Å². The first-order chi connectivity index (χ1) is 14.8.